The van der Waals surface area contributed by atoms with Crippen LogP contribution < -0.4 is 5.32 Å². The largest absolute Gasteiger partial charge is 0.481 e. The van der Waals surface area contributed by atoms with Crippen LogP contribution in [0, 0.1) is 5.92 Å². The van der Waals surface area contributed by atoms with Gasteiger partial charge in [0.2, 0.25) is 0 Å². The van der Waals surface area contributed by atoms with Crippen LogP contribution in [-0.2, 0) is 17.5 Å². The molecule has 1 aromatic heterocycles. The van der Waals surface area contributed by atoms with Gasteiger partial charge >= 0.3 is 12.1 Å². The molecule has 2 fully saturated rings. The standard InChI is InChI=1S/C26H31F5N4O3/c27-25(28)10-4-11-34(16-25)12-9-18(13-23(36)37)32-24(38)21-14-22(35(33-21)15-17-5-3-6-17)19-7-1-2-8-20(19)26(29,30)31/h1-2,7-8,14,17-18H,3-6,9-13,15-16H2,(H,32,38)(H,36,37)/t18-/m0/s1. The Morgan fingerprint density at radius 3 is 2.55 bits per heavy atom. The van der Waals surface area contributed by atoms with Crippen molar-refractivity contribution in [1.29, 1.82) is 0 Å². The number of alkyl halides is 5. The van der Waals surface area contributed by atoms with Crippen LogP contribution in [-0.4, -0.2) is 63.3 Å². The number of benzene rings is 1. The summed E-state index contributed by atoms with van der Waals surface area (Å²) in [5.74, 6) is -4.46. The van der Waals surface area contributed by atoms with Crippen LogP contribution in [0.5, 0.6) is 0 Å². The molecule has 1 saturated carbocycles. The van der Waals surface area contributed by atoms with Crippen LogP contribution in [0.2, 0.25) is 0 Å². The fraction of sp³-hybridized carbons (Fsp3) is 0.577. The van der Waals surface area contributed by atoms with Gasteiger partial charge in [0.15, 0.2) is 5.69 Å². The van der Waals surface area contributed by atoms with Crippen LogP contribution >= 0.6 is 0 Å². The smallest absolute Gasteiger partial charge is 0.417 e. The van der Waals surface area contributed by atoms with E-state index in [2.05, 4.69) is 10.4 Å². The summed E-state index contributed by atoms with van der Waals surface area (Å²) in [6.45, 7) is 0.565. The molecule has 0 unspecified atom stereocenters. The second kappa shape index (κ2) is 11.4. The van der Waals surface area contributed by atoms with E-state index in [1.807, 2.05) is 0 Å². The maximum Gasteiger partial charge on any atom is 0.417 e. The molecular weight excluding hydrogens is 511 g/mol. The maximum atomic E-state index is 13.7. The van der Waals surface area contributed by atoms with Crippen molar-refractivity contribution in [1.82, 2.24) is 20.0 Å². The molecule has 2 N–H and O–H groups in total. The number of likely N-dealkylation sites (tertiary alicyclic amines) is 1. The Hall–Kier alpha value is -3.02. The molecule has 7 nitrogen and oxygen atoms in total. The lowest BCUT2D eigenvalue weighted by Crippen LogP contribution is -2.45. The Balaban J connectivity index is 1.54. The van der Waals surface area contributed by atoms with E-state index in [-0.39, 0.29) is 42.3 Å². The van der Waals surface area contributed by atoms with Crippen LogP contribution in [0.25, 0.3) is 11.3 Å². The van der Waals surface area contributed by atoms with E-state index in [1.165, 1.54) is 28.9 Å². The lowest BCUT2D eigenvalue weighted by atomic mass is 9.85. The van der Waals surface area contributed by atoms with Gasteiger partial charge in [0.1, 0.15) is 0 Å². The molecule has 1 amide bonds. The number of carboxylic acids is 1. The fourth-order valence-corrected chi connectivity index (χ4v) is 5.03. The van der Waals surface area contributed by atoms with Gasteiger partial charge in [-0.05, 0) is 50.3 Å². The first kappa shape index (κ1) is 28.0. The fourth-order valence-electron chi connectivity index (χ4n) is 5.03. The first-order valence-electron chi connectivity index (χ1n) is 12.8. The molecule has 0 bridgehead atoms. The van der Waals surface area contributed by atoms with Gasteiger partial charge in [-0.25, -0.2) is 8.78 Å². The number of nitrogens with one attached hydrogen (secondary N) is 1. The summed E-state index contributed by atoms with van der Waals surface area (Å²) < 4.78 is 70.1. The Labute approximate surface area is 217 Å². The number of hydrogen-bond acceptors (Lipinski definition) is 4. The molecule has 1 aliphatic carbocycles. The highest BCUT2D eigenvalue weighted by Gasteiger charge is 2.36. The summed E-state index contributed by atoms with van der Waals surface area (Å²) in [4.78, 5) is 26.1. The van der Waals surface area contributed by atoms with Gasteiger partial charge in [0.25, 0.3) is 11.8 Å². The van der Waals surface area contributed by atoms with E-state index in [9.17, 15) is 36.6 Å². The normalized spacial score (nSPS) is 19.1. The topological polar surface area (TPSA) is 87.5 Å². The minimum atomic E-state index is -4.61. The number of amides is 1. The minimum Gasteiger partial charge on any atom is -0.481 e. The number of carboxylic acid groups (broad SMARTS) is 1. The Kier molecular flexibility index (Phi) is 8.39. The third-order valence-corrected chi connectivity index (χ3v) is 7.20. The molecule has 38 heavy (non-hydrogen) atoms. The summed E-state index contributed by atoms with van der Waals surface area (Å²) in [6.07, 6.45) is -1.93. The van der Waals surface area contributed by atoms with Gasteiger partial charge in [-0.3, -0.25) is 19.2 Å². The highest BCUT2D eigenvalue weighted by atomic mass is 19.4. The number of piperidine rings is 1. The van der Waals surface area contributed by atoms with Crippen molar-refractivity contribution in [3.63, 3.8) is 0 Å². The second-order valence-electron chi connectivity index (χ2n) is 10.2. The van der Waals surface area contributed by atoms with Crippen molar-refractivity contribution in [2.24, 2.45) is 5.92 Å². The van der Waals surface area contributed by atoms with Crippen molar-refractivity contribution in [2.75, 3.05) is 19.6 Å². The number of aromatic nitrogens is 2. The molecule has 2 aromatic rings. The number of carbonyl (C=O) groups excluding carboxylic acids is 1. The molecule has 1 atom stereocenters. The number of aliphatic carboxylic acids is 1. The highest BCUT2D eigenvalue weighted by Crippen LogP contribution is 2.38. The van der Waals surface area contributed by atoms with Gasteiger partial charge in [-0.15, -0.1) is 0 Å². The third kappa shape index (κ3) is 7.09. The summed E-state index contributed by atoms with van der Waals surface area (Å²) in [6, 6.07) is 5.52. The zero-order valence-electron chi connectivity index (χ0n) is 20.8. The molecule has 1 aromatic carbocycles. The SMILES string of the molecule is O=C(O)C[C@H](CCN1CCCC(F)(F)C1)NC(=O)c1cc(-c2ccccc2C(F)(F)F)n(CC2CCC2)n1. The number of halogens is 5. The highest BCUT2D eigenvalue weighted by molar-refractivity contribution is 5.94. The van der Waals surface area contributed by atoms with Gasteiger partial charge in [-0.1, -0.05) is 24.6 Å². The maximum absolute atomic E-state index is 13.7. The molecule has 0 spiro atoms. The zero-order valence-corrected chi connectivity index (χ0v) is 20.8. The van der Waals surface area contributed by atoms with Crippen LogP contribution in [0.4, 0.5) is 22.0 Å². The van der Waals surface area contributed by atoms with Crippen LogP contribution in [0.15, 0.2) is 30.3 Å². The summed E-state index contributed by atoms with van der Waals surface area (Å²) >= 11 is 0. The molecular formula is C26H31F5N4O3. The van der Waals surface area contributed by atoms with Gasteiger partial charge in [0.05, 0.1) is 24.2 Å². The molecule has 1 saturated heterocycles. The molecule has 208 valence electrons. The van der Waals surface area contributed by atoms with E-state index < -0.39 is 48.5 Å². The Morgan fingerprint density at radius 2 is 1.92 bits per heavy atom. The molecule has 4 rings (SSSR count). The lowest BCUT2D eigenvalue weighted by Gasteiger charge is -2.33. The van der Waals surface area contributed by atoms with E-state index in [0.717, 1.165) is 25.3 Å². The van der Waals surface area contributed by atoms with E-state index in [1.54, 1.807) is 4.90 Å². The Morgan fingerprint density at radius 1 is 1.18 bits per heavy atom. The van der Waals surface area contributed by atoms with Crippen LogP contribution in [0.3, 0.4) is 0 Å². The average Bonchev–Trinajstić information content (AvgIpc) is 3.22. The first-order valence-corrected chi connectivity index (χ1v) is 12.8. The predicted molar refractivity (Wildman–Crippen MR) is 129 cm³/mol. The number of hydrogen-bond donors (Lipinski definition) is 2. The monoisotopic (exact) mass is 542 g/mol. The summed E-state index contributed by atoms with van der Waals surface area (Å²) in [5.41, 5.74) is -0.917. The van der Waals surface area contributed by atoms with Crippen molar-refractivity contribution in [3.8, 4) is 11.3 Å². The number of rotatable bonds is 10. The molecule has 0 radical (unpaired) electrons. The molecule has 1 aliphatic heterocycles. The molecule has 2 heterocycles. The summed E-state index contributed by atoms with van der Waals surface area (Å²) in [5, 5.41) is 16.2. The Bertz CT molecular complexity index is 1150. The van der Waals surface area contributed by atoms with Gasteiger partial charge < -0.3 is 10.4 Å². The van der Waals surface area contributed by atoms with Crippen molar-refractivity contribution in [2.45, 2.75) is 69.6 Å². The quantitative estimate of drug-likeness (QED) is 0.410. The third-order valence-electron chi connectivity index (χ3n) is 7.20. The van der Waals surface area contributed by atoms with Crippen molar-refractivity contribution >= 4 is 11.9 Å². The van der Waals surface area contributed by atoms with Crippen molar-refractivity contribution in [3.05, 3.63) is 41.6 Å². The average molecular weight is 543 g/mol. The lowest BCUT2D eigenvalue weighted by molar-refractivity contribution is -0.138. The van der Waals surface area contributed by atoms with E-state index in [4.69, 9.17) is 0 Å². The number of nitrogens with zero attached hydrogens (tertiary/aromatic N) is 3. The van der Waals surface area contributed by atoms with Gasteiger partial charge in [0, 0.05) is 31.1 Å². The molecule has 12 heteroatoms. The van der Waals surface area contributed by atoms with E-state index >= 15 is 0 Å². The van der Waals surface area contributed by atoms with E-state index in [0.29, 0.717) is 19.5 Å². The molecule has 2 aliphatic rings. The zero-order chi connectivity index (χ0) is 27.5. The number of carbonyl (C=O) groups is 2. The summed E-state index contributed by atoms with van der Waals surface area (Å²) in [7, 11) is 0. The predicted octanol–water partition coefficient (Wildman–Crippen LogP) is 5.06. The van der Waals surface area contributed by atoms with Crippen molar-refractivity contribution < 1.29 is 36.6 Å². The second-order valence-corrected chi connectivity index (χ2v) is 10.2. The van der Waals surface area contributed by atoms with Gasteiger partial charge in [-0.2, -0.15) is 18.3 Å². The first-order chi connectivity index (χ1) is 17.9. The van der Waals surface area contributed by atoms with Crippen LogP contribution in [0.1, 0.15) is 61.0 Å². The minimum absolute atomic E-state index is 0.0982.